The Morgan fingerprint density at radius 2 is 1.54 bits per heavy atom. The van der Waals surface area contributed by atoms with Gasteiger partial charge in [0.1, 0.15) is 0 Å². The molecule has 1 aliphatic heterocycles. The average molecular weight is 401 g/mol. The Morgan fingerprint density at radius 1 is 0.964 bits per heavy atom. The molecule has 1 fully saturated rings. The lowest BCUT2D eigenvalue weighted by atomic mass is 10.0. The Hall–Kier alpha value is -1.69. The lowest BCUT2D eigenvalue weighted by Gasteiger charge is -2.20. The van der Waals surface area contributed by atoms with Crippen LogP contribution in [-0.2, 0) is 16.4 Å². The molecule has 4 nitrogen and oxygen atoms in total. The SMILES string of the molecule is CCN(CC)S(=O)(=O)c1ccc(-c2ccc(CCN3CCCC3C)cc2)cc1. The first-order valence-corrected chi connectivity index (χ1v) is 11.8. The molecule has 0 saturated carbocycles. The van der Waals surface area contributed by atoms with E-state index in [2.05, 4.69) is 36.1 Å². The fourth-order valence-corrected chi connectivity index (χ4v) is 5.45. The Kier molecular flexibility index (Phi) is 6.91. The van der Waals surface area contributed by atoms with Gasteiger partial charge in [-0.2, -0.15) is 4.31 Å². The van der Waals surface area contributed by atoms with E-state index >= 15 is 0 Å². The quantitative estimate of drug-likeness (QED) is 0.659. The second kappa shape index (κ2) is 9.21. The molecule has 0 bridgehead atoms. The van der Waals surface area contributed by atoms with E-state index in [0.29, 0.717) is 24.0 Å². The monoisotopic (exact) mass is 400 g/mol. The van der Waals surface area contributed by atoms with Crippen LogP contribution in [0.1, 0.15) is 39.2 Å². The summed E-state index contributed by atoms with van der Waals surface area (Å²) in [7, 11) is -3.40. The van der Waals surface area contributed by atoms with Gasteiger partial charge in [-0.3, -0.25) is 0 Å². The zero-order valence-corrected chi connectivity index (χ0v) is 18.1. The van der Waals surface area contributed by atoms with Gasteiger partial charge < -0.3 is 4.90 Å². The third-order valence-corrected chi connectivity index (χ3v) is 7.93. The fourth-order valence-electron chi connectivity index (χ4n) is 3.99. The highest BCUT2D eigenvalue weighted by atomic mass is 32.2. The smallest absolute Gasteiger partial charge is 0.243 e. The van der Waals surface area contributed by atoms with E-state index in [1.54, 1.807) is 12.1 Å². The summed E-state index contributed by atoms with van der Waals surface area (Å²) in [6, 6.07) is 16.6. The first-order valence-electron chi connectivity index (χ1n) is 10.4. The van der Waals surface area contributed by atoms with E-state index in [-0.39, 0.29) is 0 Å². The summed E-state index contributed by atoms with van der Waals surface area (Å²) in [6.45, 7) is 9.36. The lowest BCUT2D eigenvalue weighted by molar-refractivity contribution is 0.272. The van der Waals surface area contributed by atoms with Crippen LogP contribution >= 0.6 is 0 Å². The van der Waals surface area contributed by atoms with Crippen molar-refractivity contribution in [3.8, 4) is 11.1 Å². The van der Waals surface area contributed by atoms with E-state index in [0.717, 1.165) is 24.1 Å². The van der Waals surface area contributed by atoms with E-state index in [1.807, 2.05) is 26.0 Å². The van der Waals surface area contributed by atoms with Crippen molar-refractivity contribution in [2.75, 3.05) is 26.2 Å². The van der Waals surface area contributed by atoms with Gasteiger partial charge >= 0.3 is 0 Å². The molecule has 2 aromatic carbocycles. The van der Waals surface area contributed by atoms with Crippen LogP contribution in [0, 0.1) is 0 Å². The third kappa shape index (κ3) is 4.65. The Morgan fingerprint density at radius 3 is 2.04 bits per heavy atom. The van der Waals surface area contributed by atoms with Gasteiger partial charge in [-0.25, -0.2) is 8.42 Å². The number of nitrogens with zero attached hydrogens (tertiary/aromatic N) is 2. The van der Waals surface area contributed by atoms with Crippen LogP contribution in [-0.4, -0.2) is 49.8 Å². The summed E-state index contributed by atoms with van der Waals surface area (Å²) in [6.07, 6.45) is 3.71. The number of hydrogen-bond donors (Lipinski definition) is 0. The van der Waals surface area contributed by atoms with Gasteiger partial charge in [-0.15, -0.1) is 0 Å². The van der Waals surface area contributed by atoms with Crippen molar-refractivity contribution in [3.05, 3.63) is 54.1 Å². The molecule has 1 aliphatic rings. The maximum absolute atomic E-state index is 12.6. The standard InChI is InChI=1S/C23H32N2O2S/c1-4-25(5-2)28(26,27)23-14-12-22(13-15-23)21-10-8-20(9-11-21)16-18-24-17-6-7-19(24)3/h8-15,19H,4-7,16-18H2,1-3H3. The zero-order valence-electron chi connectivity index (χ0n) is 17.3. The number of hydrogen-bond acceptors (Lipinski definition) is 3. The Balaban J connectivity index is 1.67. The first kappa shape index (κ1) is 21.0. The highest BCUT2D eigenvalue weighted by Crippen LogP contribution is 2.24. The van der Waals surface area contributed by atoms with Gasteiger partial charge in [0, 0.05) is 25.7 Å². The van der Waals surface area contributed by atoms with Crippen LogP contribution in [0.5, 0.6) is 0 Å². The Labute approximate surface area is 170 Å². The second-order valence-corrected chi connectivity index (χ2v) is 9.53. The summed E-state index contributed by atoms with van der Waals surface area (Å²) in [5.41, 5.74) is 3.51. The third-order valence-electron chi connectivity index (χ3n) is 5.86. The van der Waals surface area contributed by atoms with Gasteiger partial charge in [0.25, 0.3) is 0 Å². The molecular formula is C23H32N2O2S. The summed E-state index contributed by atoms with van der Waals surface area (Å²) in [5, 5.41) is 0. The van der Waals surface area contributed by atoms with Crippen molar-refractivity contribution in [2.45, 2.75) is 51.0 Å². The van der Waals surface area contributed by atoms with Crippen molar-refractivity contribution in [1.82, 2.24) is 9.21 Å². The lowest BCUT2D eigenvalue weighted by Crippen LogP contribution is -2.30. The van der Waals surface area contributed by atoms with Crippen LogP contribution in [0.3, 0.4) is 0 Å². The molecule has 5 heteroatoms. The molecular weight excluding hydrogens is 368 g/mol. The minimum atomic E-state index is -3.40. The molecule has 1 heterocycles. The molecule has 2 aromatic rings. The van der Waals surface area contributed by atoms with Gasteiger partial charge in [0.15, 0.2) is 0 Å². The summed E-state index contributed by atoms with van der Waals surface area (Å²) in [5.74, 6) is 0. The van der Waals surface area contributed by atoms with Gasteiger partial charge in [-0.05, 0) is 61.6 Å². The second-order valence-electron chi connectivity index (χ2n) is 7.59. The number of benzene rings is 2. The van der Waals surface area contributed by atoms with Crippen molar-refractivity contribution >= 4 is 10.0 Å². The number of rotatable bonds is 8. The molecule has 0 aliphatic carbocycles. The minimum absolute atomic E-state index is 0.358. The van der Waals surface area contributed by atoms with Crippen LogP contribution in [0.15, 0.2) is 53.4 Å². The highest BCUT2D eigenvalue weighted by molar-refractivity contribution is 7.89. The first-order chi connectivity index (χ1) is 13.5. The summed E-state index contributed by atoms with van der Waals surface area (Å²) in [4.78, 5) is 2.93. The van der Waals surface area contributed by atoms with Crippen molar-refractivity contribution < 1.29 is 8.42 Å². The van der Waals surface area contributed by atoms with Crippen LogP contribution < -0.4 is 0 Å². The van der Waals surface area contributed by atoms with Gasteiger partial charge in [0.05, 0.1) is 4.90 Å². The molecule has 28 heavy (non-hydrogen) atoms. The molecule has 1 unspecified atom stereocenters. The number of likely N-dealkylation sites (tertiary alicyclic amines) is 1. The zero-order chi connectivity index (χ0) is 20.1. The van der Waals surface area contributed by atoms with Crippen LogP contribution in [0.25, 0.3) is 11.1 Å². The molecule has 3 rings (SSSR count). The normalized spacial score (nSPS) is 18.1. The highest BCUT2D eigenvalue weighted by Gasteiger charge is 2.21. The van der Waals surface area contributed by atoms with E-state index in [1.165, 1.54) is 29.3 Å². The summed E-state index contributed by atoms with van der Waals surface area (Å²) < 4.78 is 26.7. The molecule has 152 valence electrons. The van der Waals surface area contributed by atoms with Crippen LogP contribution in [0.2, 0.25) is 0 Å². The molecule has 1 atom stereocenters. The number of sulfonamides is 1. The van der Waals surface area contributed by atoms with Gasteiger partial charge in [0.2, 0.25) is 10.0 Å². The maximum Gasteiger partial charge on any atom is 0.243 e. The molecule has 0 radical (unpaired) electrons. The molecule has 0 N–H and O–H groups in total. The molecule has 0 spiro atoms. The minimum Gasteiger partial charge on any atom is -0.300 e. The van der Waals surface area contributed by atoms with Crippen molar-refractivity contribution in [3.63, 3.8) is 0 Å². The molecule has 0 amide bonds. The van der Waals surface area contributed by atoms with Crippen LogP contribution in [0.4, 0.5) is 0 Å². The topological polar surface area (TPSA) is 40.6 Å². The molecule has 0 aromatic heterocycles. The van der Waals surface area contributed by atoms with E-state index in [9.17, 15) is 8.42 Å². The van der Waals surface area contributed by atoms with E-state index < -0.39 is 10.0 Å². The van der Waals surface area contributed by atoms with Gasteiger partial charge in [-0.1, -0.05) is 50.2 Å². The largest absolute Gasteiger partial charge is 0.300 e. The predicted octanol–water partition coefficient (Wildman–Crippen LogP) is 4.41. The average Bonchev–Trinajstić information content (AvgIpc) is 3.12. The van der Waals surface area contributed by atoms with Crippen molar-refractivity contribution in [1.29, 1.82) is 0 Å². The van der Waals surface area contributed by atoms with E-state index in [4.69, 9.17) is 0 Å². The van der Waals surface area contributed by atoms with Crippen molar-refractivity contribution in [2.24, 2.45) is 0 Å². The molecule has 1 saturated heterocycles. The maximum atomic E-state index is 12.6. The fraction of sp³-hybridized carbons (Fsp3) is 0.478. The Bertz CT molecular complexity index is 856. The summed E-state index contributed by atoms with van der Waals surface area (Å²) >= 11 is 0. The predicted molar refractivity (Wildman–Crippen MR) is 116 cm³/mol.